The van der Waals surface area contributed by atoms with Crippen LogP contribution in [0.2, 0.25) is 0 Å². The summed E-state index contributed by atoms with van der Waals surface area (Å²) in [6.07, 6.45) is -2.30. The van der Waals surface area contributed by atoms with Crippen LogP contribution in [0.5, 0.6) is 0 Å². The minimum atomic E-state index is -1.12. The van der Waals surface area contributed by atoms with Crippen molar-refractivity contribution in [3.8, 4) is 0 Å². The van der Waals surface area contributed by atoms with E-state index < -0.39 is 115 Å². The molecule has 19 nitrogen and oxygen atoms in total. The second-order valence-corrected chi connectivity index (χ2v) is 20.2. The Morgan fingerprint density at radius 1 is 0.726 bits per heavy atom. The number of likely N-dealkylation sites (tertiary alicyclic amines) is 1. The molecule has 0 bridgehead atoms. The van der Waals surface area contributed by atoms with Gasteiger partial charge < -0.3 is 54.5 Å². The number of hydrogen-bond donors (Lipinski definition) is 4. The molecule has 3 rings (SSSR count). The third-order valence-electron chi connectivity index (χ3n) is 13.9. The molecule has 4 N–H and O–H groups in total. The maximum atomic E-state index is 14.6. The highest BCUT2D eigenvalue weighted by Gasteiger charge is 2.44. The van der Waals surface area contributed by atoms with Crippen molar-refractivity contribution in [2.75, 3.05) is 41.7 Å². The fourth-order valence-corrected chi connectivity index (χ4v) is 9.41. The maximum absolute atomic E-state index is 14.6. The van der Waals surface area contributed by atoms with Crippen LogP contribution in [-0.4, -0.2) is 152 Å². The smallest absolute Gasteiger partial charge is 0.413 e. The van der Waals surface area contributed by atoms with E-state index in [0.717, 1.165) is 10.5 Å². The van der Waals surface area contributed by atoms with Crippen molar-refractivity contribution in [3.05, 3.63) is 71.8 Å². The molecule has 0 spiro atoms. The van der Waals surface area contributed by atoms with Crippen molar-refractivity contribution in [2.24, 2.45) is 29.6 Å². The number of methoxy groups -OCH3 is 2. The van der Waals surface area contributed by atoms with Crippen molar-refractivity contribution in [1.82, 2.24) is 30.7 Å². The van der Waals surface area contributed by atoms with Crippen LogP contribution >= 0.6 is 0 Å². The third kappa shape index (κ3) is 17.4. The first kappa shape index (κ1) is 61.5. The first-order chi connectivity index (χ1) is 34.5. The van der Waals surface area contributed by atoms with E-state index in [1.54, 1.807) is 104 Å². The quantitative estimate of drug-likeness (QED) is 0.0611. The summed E-state index contributed by atoms with van der Waals surface area (Å²) in [5, 5.41) is 19.2. The number of esters is 1. The summed E-state index contributed by atoms with van der Waals surface area (Å²) in [6.45, 7) is 17.5. The molecule has 19 heteroatoms. The van der Waals surface area contributed by atoms with Crippen molar-refractivity contribution in [3.63, 3.8) is 0 Å². The molecule has 408 valence electrons. The fraction of sp³-hybridized carbons (Fsp3) is 0.648. The Hall–Kier alpha value is -5.79. The van der Waals surface area contributed by atoms with Gasteiger partial charge in [-0.25, -0.2) is 14.4 Å². The van der Waals surface area contributed by atoms with E-state index in [9.17, 15) is 38.7 Å². The number of nitrogens with one attached hydrogen (secondary N) is 3. The van der Waals surface area contributed by atoms with E-state index in [4.69, 9.17) is 23.7 Å². The molecule has 6 amide bonds. The molecule has 2 aromatic rings. The minimum Gasteiger partial charge on any atom is -0.445 e. The number of likely N-dealkylation sites (N-methyl/N-ethyl adjacent to an activating group) is 2. The number of amides is 6. The van der Waals surface area contributed by atoms with Crippen molar-refractivity contribution < 1.29 is 62.4 Å². The summed E-state index contributed by atoms with van der Waals surface area (Å²) in [7, 11) is 6.01. The lowest BCUT2D eigenvalue weighted by Crippen LogP contribution is -2.60. The lowest BCUT2D eigenvalue weighted by molar-refractivity contribution is -0.156. The molecule has 1 fully saturated rings. The SMILES string of the molecule is CC[C@H](C)[C@@H]([C@@H](CC(=O)N1CCC[C@H]1[C@H](OC)[C@@H](C)C(=O)N[C@H](C)[C@@H](O)c1ccccc1)OC)N(C)C(=O)[C@@H](NC(=O)[C@H](C(C)C)N(C)C(=O)OCOC(=O)[C@@H](NC(=O)OCc1ccccc1)C(C)C)C(C)C. The first-order valence-corrected chi connectivity index (χ1v) is 25.5. The van der Waals surface area contributed by atoms with Crippen LogP contribution in [0.1, 0.15) is 112 Å². The molecule has 0 saturated carbocycles. The van der Waals surface area contributed by atoms with Gasteiger partial charge in [-0.1, -0.05) is 129 Å². The molecular formula is C54H84N6O13. The highest BCUT2D eigenvalue weighted by Crippen LogP contribution is 2.30. The largest absolute Gasteiger partial charge is 0.445 e. The van der Waals surface area contributed by atoms with Crippen LogP contribution < -0.4 is 16.0 Å². The molecule has 73 heavy (non-hydrogen) atoms. The highest BCUT2D eigenvalue weighted by atomic mass is 16.7. The Labute approximate surface area is 432 Å². The van der Waals surface area contributed by atoms with Gasteiger partial charge >= 0.3 is 18.2 Å². The lowest BCUT2D eigenvalue weighted by atomic mass is 9.89. The molecule has 2 aromatic carbocycles. The average Bonchev–Trinajstić information content (AvgIpc) is 3.85. The Balaban J connectivity index is 1.69. The molecule has 1 aliphatic rings. The summed E-state index contributed by atoms with van der Waals surface area (Å²) < 4.78 is 27.7. The Morgan fingerprint density at radius 3 is 1.88 bits per heavy atom. The van der Waals surface area contributed by atoms with Gasteiger partial charge in [0, 0.05) is 34.9 Å². The zero-order valence-corrected chi connectivity index (χ0v) is 45.5. The van der Waals surface area contributed by atoms with E-state index in [2.05, 4.69) is 16.0 Å². The minimum absolute atomic E-state index is 0.00907. The van der Waals surface area contributed by atoms with Crippen molar-refractivity contribution in [1.29, 1.82) is 0 Å². The number of hydrogen-bond acceptors (Lipinski definition) is 13. The molecular weight excluding hydrogens is 941 g/mol. The van der Waals surface area contributed by atoms with Crippen LogP contribution in [-0.2, 0) is 54.3 Å². The normalized spacial score (nSPS) is 17.7. The average molecular weight is 1030 g/mol. The van der Waals surface area contributed by atoms with Gasteiger partial charge in [-0.2, -0.15) is 0 Å². The number of rotatable bonds is 27. The van der Waals surface area contributed by atoms with Gasteiger partial charge in [0.15, 0.2) is 0 Å². The maximum Gasteiger partial charge on any atom is 0.413 e. The summed E-state index contributed by atoms with van der Waals surface area (Å²) in [5.41, 5.74) is 1.43. The Bertz CT molecular complexity index is 2080. The predicted octanol–water partition coefficient (Wildman–Crippen LogP) is 5.83. The topological polar surface area (TPSA) is 232 Å². The number of ether oxygens (including phenoxy) is 5. The van der Waals surface area contributed by atoms with Gasteiger partial charge in [-0.15, -0.1) is 0 Å². The van der Waals surface area contributed by atoms with Crippen molar-refractivity contribution in [2.45, 2.75) is 156 Å². The second kappa shape index (κ2) is 29.8. The number of carbonyl (C=O) groups excluding carboxylic acids is 7. The van der Waals surface area contributed by atoms with Gasteiger partial charge in [0.05, 0.1) is 48.8 Å². The predicted molar refractivity (Wildman–Crippen MR) is 274 cm³/mol. The molecule has 0 unspecified atom stereocenters. The summed E-state index contributed by atoms with van der Waals surface area (Å²) in [4.78, 5) is 100. The molecule has 1 saturated heterocycles. The van der Waals surface area contributed by atoms with Gasteiger partial charge in [0.25, 0.3) is 0 Å². The molecule has 1 heterocycles. The number of aliphatic hydroxyl groups is 1. The second-order valence-electron chi connectivity index (χ2n) is 20.2. The Morgan fingerprint density at radius 2 is 1.33 bits per heavy atom. The van der Waals surface area contributed by atoms with Gasteiger partial charge in [0.2, 0.25) is 30.4 Å². The monoisotopic (exact) mass is 1020 g/mol. The van der Waals surface area contributed by atoms with Crippen LogP contribution in [0.25, 0.3) is 0 Å². The van der Waals surface area contributed by atoms with Crippen LogP contribution in [0.15, 0.2) is 60.7 Å². The van der Waals surface area contributed by atoms with Crippen molar-refractivity contribution >= 4 is 41.8 Å². The lowest BCUT2D eigenvalue weighted by Gasteiger charge is -2.41. The number of carbonyl (C=O) groups is 7. The van der Waals surface area contributed by atoms with E-state index in [1.807, 2.05) is 38.1 Å². The van der Waals surface area contributed by atoms with Gasteiger partial charge in [0.1, 0.15) is 24.7 Å². The van der Waals surface area contributed by atoms with Crippen LogP contribution in [0, 0.1) is 29.6 Å². The highest BCUT2D eigenvalue weighted by molar-refractivity contribution is 5.92. The molecule has 0 aliphatic carbocycles. The zero-order chi connectivity index (χ0) is 54.7. The van der Waals surface area contributed by atoms with Gasteiger partial charge in [-0.05, 0) is 54.6 Å². The van der Waals surface area contributed by atoms with E-state index in [0.29, 0.717) is 31.4 Å². The molecule has 1 aliphatic heterocycles. The molecule has 0 radical (unpaired) electrons. The standard InChI is InChI=1S/C54H84N6O13/c1-15-35(8)46(41(69-13)29-42(61)60-28-22-27-40(60)48(70-14)36(9)49(63)55-37(10)47(62)39-25-20-17-21-26-39)58(11)51(65)43(32(2)3)56-50(64)45(34(6)7)59(12)54(68)73-31-72-52(66)44(33(4)5)57-53(67)71-30-38-23-18-16-19-24-38/h16-21,23-26,32-37,40-41,43-48,62H,15,22,27-31H2,1-14H3,(H,55,63)(H,56,64)(H,57,67)/t35-,36+,37+,40-,41+,43-,44-,45-,46-,47+,48+/m0/s1. The van der Waals surface area contributed by atoms with Gasteiger partial charge in [-0.3, -0.25) is 24.1 Å². The number of alkyl carbamates (subject to hydrolysis) is 1. The van der Waals surface area contributed by atoms with Crippen LogP contribution in [0.3, 0.4) is 0 Å². The summed E-state index contributed by atoms with van der Waals surface area (Å²) in [5.74, 6) is -4.57. The molecule has 11 atom stereocenters. The number of nitrogens with zero attached hydrogens (tertiary/aromatic N) is 3. The summed E-state index contributed by atoms with van der Waals surface area (Å²) >= 11 is 0. The Kier molecular flexibility index (Phi) is 25.1. The number of benzene rings is 2. The first-order valence-electron chi connectivity index (χ1n) is 25.5. The van der Waals surface area contributed by atoms with Crippen LogP contribution in [0.4, 0.5) is 9.59 Å². The third-order valence-corrected chi connectivity index (χ3v) is 13.9. The summed E-state index contributed by atoms with van der Waals surface area (Å²) in [6, 6.07) is 13.2. The fourth-order valence-electron chi connectivity index (χ4n) is 9.41. The number of aliphatic hydroxyl groups excluding tert-OH is 1. The van der Waals surface area contributed by atoms with E-state index in [1.165, 1.54) is 26.2 Å². The zero-order valence-electron chi connectivity index (χ0n) is 45.5. The molecule has 0 aromatic heterocycles. The van der Waals surface area contributed by atoms with E-state index >= 15 is 0 Å². The van der Waals surface area contributed by atoms with E-state index in [-0.39, 0.29) is 30.8 Å².